The molecule has 8 heteroatoms. The van der Waals surface area contributed by atoms with Gasteiger partial charge in [-0.2, -0.15) is 4.98 Å². The molecule has 1 aromatic carbocycles. The zero-order valence-electron chi connectivity index (χ0n) is 19.3. The molecule has 2 aromatic heterocycles. The molecule has 0 spiro atoms. The molecule has 0 N–H and O–H groups in total. The number of piperidine rings is 1. The van der Waals surface area contributed by atoms with Crippen molar-refractivity contribution in [2.75, 3.05) is 31.1 Å². The third-order valence-corrected chi connectivity index (χ3v) is 6.84. The number of benzene rings is 1. The maximum atomic E-state index is 13.6. The fourth-order valence-corrected chi connectivity index (χ4v) is 5.14. The van der Waals surface area contributed by atoms with Gasteiger partial charge in [-0.1, -0.05) is 25.5 Å². The lowest BCUT2D eigenvalue weighted by Gasteiger charge is -2.33. The van der Waals surface area contributed by atoms with Gasteiger partial charge < -0.3 is 14.4 Å². The fourth-order valence-electron chi connectivity index (χ4n) is 5.14. The van der Waals surface area contributed by atoms with Crippen LogP contribution in [0.2, 0.25) is 0 Å². The Kier molecular flexibility index (Phi) is 5.41. The van der Waals surface area contributed by atoms with E-state index in [0.717, 1.165) is 37.8 Å². The summed E-state index contributed by atoms with van der Waals surface area (Å²) < 4.78 is 4.96. The highest BCUT2D eigenvalue weighted by molar-refractivity contribution is 5.77. The van der Waals surface area contributed by atoms with Crippen LogP contribution in [0.4, 0.5) is 11.6 Å². The molecule has 1 atom stereocenters. The summed E-state index contributed by atoms with van der Waals surface area (Å²) in [5, 5.41) is 0. The van der Waals surface area contributed by atoms with Gasteiger partial charge in [0.2, 0.25) is 5.95 Å². The lowest BCUT2D eigenvalue weighted by atomic mass is 10.1. The molecule has 0 saturated carbocycles. The minimum atomic E-state index is -0.287. The number of anilines is 2. The number of hydrogen-bond donors (Lipinski definition) is 0. The lowest BCUT2D eigenvalue weighted by molar-refractivity contribution is 0.218. The average molecular weight is 437 g/mol. The van der Waals surface area contributed by atoms with Gasteiger partial charge in [-0.3, -0.25) is 13.9 Å². The van der Waals surface area contributed by atoms with Gasteiger partial charge >= 0.3 is 5.69 Å². The standard InChI is InChI=1S/C24H32N6O2/c1-17-8-7-9-19(14-17)29-15-18(2)16-30-20-21(25-23(29)30)26(3)24(32)28(22(20)31)13-12-27-10-5-4-6-11-27/h7-9,14,18H,4-6,10-13,15-16H2,1-3H3/t18-/m1/s1. The number of imidazole rings is 1. The van der Waals surface area contributed by atoms with Gasteiger partial charge in [-0.15, -0.1) is 0 Å². The third-order valence-electron chi connectivity index (χ3n) is 6.84. The Bertz CT molecular complexity index is 1260. The van der Waals surface area contributed by atoms with Crippen LogP contribution in [0, 0.1) is 12.8 Å². The van der Waals surface area contributed by atoms with Crippen molar-refractivity contribution >= 4 is 22.8 Å². The third kappa shape index (κ3) is 3.56. The number of fused-ring (bicyclic) bond motifs is 3. The van der Waals surface area contributed by atoms with Gasteiger partial charge in [0.1, 0.15) is 0 Å². The van der Waals surface area contributed by atoms with Crippen LogP contribution >= 0.6 is 0 Å². The van der Waals surface area contributed by atoms with Crippen LogP contribution in [0.25, 0.3) is 11.2 Å². The Labute approximate surface area is 187 Å². The second-order valence-electron chi connectivity index (χ2n) is 9.45. The predicted octanol–water partition coefficient (Wildman–Crippen LogP) is 2.48. The van der Waals surface area contributed by atoms with E-state index in [1.54, 1.807) is 7.05 Å². The van der Waals surface area contributed by atoms with Crippen LogP contribution in [0.15, 0.2) is 33.9 Å². The monoisotopic (exact) mass is 436 g/mol. The molecule has 32 heavy (non-hydrogen) atoms. The number of rotatable bonds is 4. The fraction of sp³-hybridized carbons (Fsp3) is 0.542. The SMILES string of the molecule is Cc1cccc(N2C[C@@H](C)Cn3c2nc2c3c(=O)n(CCN3CCCCC3)c(=O)n2C)c1. The van der Waals surface area contributed by atoms with Crippen molar-refractivity contribution in [1.82, 2.24) is 23.6 Å². The maximum Gasteiger partial charge on any atom is 0.332 e. The minimum Gasteiger partial charge on any atom is -0.312 e. The van der Waals surface area contributed by atoms with Gasteiger partial charge in [-0.05, 0) is 56.5 Å². The molecule has 0 aliphatic carbocycles. The van der Waals surface area contributed by atoms with E-state index in [-0.39, 0.29) is 11.2 Å². The summed E-state index contributed by atoms with van der Waals surface area (Å²) in [7, 11) is 1.72. The first kappa shape index (κ1) is 21.0. The highest BCUT2D eigenvalue weighted by Crippen LogP contribution is 2.33. The normalized spacial score (nSPS) is 19.5. The molecule has 0 radical (unpaired) electrons. The van der Waals surface area contributed by atoms with Crippen molar-refractivity contribution in [3.05, 3.63) is 50.7 Å². The summed E-state index contributed by atoms with van der Waals surface area (Å²) in [6, 6.07) is 8.33. The highest BCUT2D eigenvalue weighted by Gasteiger charge is 2.30. The van der Waals surface area contributed by atoms with Gasteiger partial charge in [0.05, 0.1) is 0 Å². The predicted molar refractivity (Wildman–Crippen MR) is 127 cm³/mol. The van der Waals surface area contributed by atoms with E-state index in [2.05, 4.69) is 41.8 Å². The Morgan fingerprint density at radius 1 is 1.06 bits per heavy atom. The van der Waals surface area contributed by atoms with Crippen LogP contribution in [-0.4, -0.2) is 49.8 Å². The maximum absolute atomic E-state index is 13.6. The van der Waals surface area contributed by atoms with Crippen molar-refractivity contribution in [1.29, 1.82) is 0 Å². The van der Waals surface area contributed by atoms with Crippen LogP contribution in [0.5, 0.6) is 0 Å². The number of aromatic nitrogens is 4. The van der Waals surface area contributed by atoms with Crippen LogP contribution in [0.1, 0.15) is 31.7 Å². The van der Waals surface area contributed by atoms with Crippen molar-refractivity contribution in [2.24, 2.45) is 13.0 Å². The van der Waals surface area contributed by atoms with Gasteiger partial charge in [-0.25, -0.2) is 4.79 Å². The Morgan fingerprint density at radius 3 is 2.59 bits per heavy atom. The molecule has 5 rings (SSSR count). The summed E-state index contributed by atoms with van der Waals surface area (Å²) in [5.74, 6) is 1.09. The quantitative estimate of drug-likeness (QED) is 0.629. The molecule has 2 aliphatic rings. The number of likely N-dealkylation sites (tertiary alicyclic amines) is 1. The molecule has 170 valence electrons. The Hall–Kier alpha value is -2.87. The highest BCUT2D eigenvalue weighted by atomic mass is 16.2. The van der Waals surface area contributed by atoms with Crippen LogP contribution in [-0.2, 0) is 20.1 Å². The molecule has 1 saturated heterocycles. The smallest absolute Gasteiger partial charge is 0.312 e. The molecule has 1 fully saturated rings. The van der Waals surface area contributed by atoms with E-state index >= 15 is 0 Å². The molecule has 0 bridgehead atoms. The molecular formula is C24H32N6O2. The molecule has 0 amide bonds. The van der Waals surface area contributed by atoms with Gasteiger partial charge in [0.25, 0.3) is 5.56 Å². The topological polar surface area (TPSA) is 68.3 Å². The second kappa shape index (κ2) is 8.24. The van der Waals surface area contributed by atoms with Crippen molar-refractivity contribution in [3.63, 3.8) is 0 Å². The van der Waals surface area contributed by atoms with E-state index in [1.165, 1.54) is 34.0 Å². The first-order chi connectivity index (χ1) is 15.4. The molecule has 0 unspecified atom stereocenters. The number of nitrogens with zero attached hydrogens (tertiary/aromatic N) is 6. The number of hydrogen-bond acceptors (Lipinski definition) is 5. The van der Waals surface area contributed by atoms with Crippen LogP contribution < -0.4 is 16.1 Å². The molecule has 3 aromatic rings. The van der Waals surface area contributed by atoms with E-state index in [1.807, 2.05) is 10.6 Å². The van der Waals surface area contributed by atoms with Crippen LogP contribution in [0.3, 0.4) is 0 Å². The first-order valence-electron chi connectivity index (χ1n) is 11.7. The summed E-state index contributed by atoms with van der Waals surface area (Å²) in [5.41, 5.74) is 2.72. The van der Waals surface area contributed by atoms with Gasteiger partial charge in [0, 0.05) is 38.9 Å². The largest absolute Gasteiger partial charge is 0.332 e. The summed E-state index contributed by atoms with van der Waals surface area (Å²) in [4.78, 5) is 36.0. The number of aryl methyl sites for hydroxylation is 2. The summed E-state index contributed by atoms with van der Waals surface area (Å²) >= 11 is 0. The Morgan fingerprint density at radius 2 is 1.84 bits per heavy atom. The van der Waals surface area contributed by atoms with E-state index in [9.17, 15) is 9.59 Å². The lowest BCUT2D eigenvalue weighted by Crippen LogP contribution is -2.43. The average Bonchev–Trinajstić information content (AvgIpc) is 3.17. The molecule has 8 nitrogen and oxygen atoms in total. The van der Waals surface area contributed by atoms with Crippen molar-refractivity contribution in [3.8, 4) is 0 Å². The van der Waals surface area contributed by atoms with Crippen molar-refractivity contribution < 1.29 is 0 Å². The van der Waals surface area contributed by atoms with Crippen molar-refractivity contribution in [2.45, 2.75) is 46.2 Å². The first-order valence-corrected chi connectivity index (χ1v) is 11.7. The second-order valence-corrected chi connectivity index (χ2v) is 9.45. The zero-order chi connectivity index (χ0) is 22.4. The van der Waals surface area contributed by atoms with E-state index in [0.29, 0.717) is 30.2 Å². The van der Waals surface area contributed by atoms with E-state index < -0.39 is 0 Å². The Balaban J connectivity index is 1.61. The molecular weight excluding hydrogens is 404 g/mol. The van der Waals surface area contributed by atoms with E-state index in [4.69, 9.17) is 4.98 Å². The molecule has 2 aliphatic heterocycles. The summed E-state index contributed by atoms with van der Waals surface area (Å²) in [6.45, 7) is 9.04. The minimum absolute atomic E-state index is 0.225. The van der Waals surface area contributed by atoms with Gasteiger partial charge in [0.15, 0.2) is 11.2 Å². The molecule has 4 heterocycles. The zero-order valence-corrected chi connectivity index (χ0v) is 19.3. The summed E-state index contributed by atoms with van der Waals surface area (Å²) in [6.07, 6.45) is 3.64.